The minimum Gasteiger partial charge on any atom is -0.494 e. The molecule has 0 spiro atoms. The number of hydrogen-bond donors (Lipinski definition) is 2. The van der Waals surface area contributed by atoms with Crippen LogP contribution in [0.5, 0.6) is 17.5 Å². The van der Waals surface area contributed by atoms with Gasteiger partial charge in [0.25, 0.3) is 0 Å². The summed E-state index contributed by atoms with van der Waals surface area (Å²) in [6.07, 6.45) is 5.51. The van der Waals surface area contributed by atoms with E-state index >= 15 is 0 Å². The number of hydrogen-bond acceptors (Lipinski definition) is 5. The van der Waals surface area contributed by atoms with Crippen LogP contribution < -0.4 is 4.74 Å². The minimum atomic E-state index is -0.726. The summed E-state index contributed by atoms with van der Waals surface area (Å²) in [5.74, 6) is 0.846. The van der Waals surface area contributed by atoms with Crippen LogP contribution in [-0.2, 0) is 28.8 Å². The molecule has 2 bridgehead atoms. The molecule has 0 saturated carbocycles. The van der Waals surface area contributed by atoms with Crippen molar-refractivity contribution in [3.63, 3.8) is 0 Å². The molecule has 0 unspecified atom stereocenters. The number of aromatic hydroxyl groups is 2. The van der Waals surface area contributed by atoms with E-state index < -0.39 is 11.2 Å². The second kappa shape index (κ2) is 7.77. The lowest BCUT2D eigenvalue weighted by atomic mass is 9.78. The molecule has 37 heavy (non-hydrogen) atoms. The predicted molar refractivity (Wildman–Crippen MR) is 139 cm³/mol. The van der Waals surface area contributed by atoms with Gasteiger partial charge in [-0.15, -0.1) is 0 Å². The van der Waals surface area contributed by atoms with Crippen molar-refractivity contribution < 1.29 is 19.7 Å². The highest BCUT2D eigenvalue weighted by Crippen LogP contribution is 2.65. The molecule has 1 aromatic heterocycles. The SMILES string of the molecule is C[C@]12CC[C@](CCOc3ccc4c(c3)CCC4)(O1)c1c2c(O)n(-c2ccc(C#N)c3ccccc23)c1O. The first-order valence-electron chi connectivity index (χ1n) is 13.0. The van der Waals surface area contributed by atoms with Gasteiger partial charge in [-0.2, -0.15) is 5.26 Å². The summed E-state index contributed by atoms with van der Waals surface area (Å²) < 4.78 is 14.3. The van der Waals surface area contributed by atoms with Gasteiger partial charge in [-0.05, 0) is 74.4 Å². The number of aromatic nitrogens is 1. The Morgan fingerprint density at radius 2 is 1.76 bits per heavy atom. The topological polar surface area (TPSA) is 87.6 Å². The van der Waals surface area contributed by atoms with E-state index in [1.807, 2.05) is 37.3 Å². The smallest absolute Gasteiger partial charge is 0.205 e. The number of benzene rings is 3. The van der Waals surface area contributed by atoms with Crippen LogP contribution in [0.1, 0.15) is 60.4 Å². The average molecular weight is 493 g/mol. The molecule has 2 atom stereocenters. The van der Waals surface area contributed by atoms with Gasteiger partial charge >= 0.3 is 0 Å². The number of aryl methyl sites for hydroxylation is 2. The van der Waals surface area contributed by atoms with Gasteiger partial charge in [0.2, 0.25) is 11.8 Å². The first kappa shape index (κ1) is 22.3. The minimum absolute atomic E-state index is 0.00836. The largest absolute Gasteiger partial charge is 0.494 e. The van der Waals surface area contributed by atoms with Crippen LogP contribution in [0, 0.1) is 11.3 Å². The number of ether oxygens (including phenoxy) is 2. The summed E-state index contributed by atoms with van der Waals surface area (Å²) >= 11 is 0. The van der Waals surface area contributed by atoms with E-state index in [2.05, 4.69) is 18.2 Å². The van der Waals surface area contributed by atoms with E-state index in [4.69, 9.17) is 9.47 Å². The summed E-state index contributed by atoms with van der Waals surface area (Å²) in [7, 11) is 0. The Labute approximate surface area is 215 Å². The molecule has 3 aliphatic rings. The highest BCUT2D eigenvalue weighted by molar-refractivity contribution is 5.95. The quantitative estimate of drug-likeness (QED) is 0.351. The molecule has 7 rings (SSSR count). The molecule has 186 valence electrons. The van der Waals surface area contributed by atoms with Crippen LogP contribution in [0.25, 0.3) is 16.5 Å². The normalized spacial score (nSPS) is 23.2. The molecule has 2 aliphatic heterocycles. The molecular formula is C31H28N2O4. The third kappa shape index (κ3) is 3.07. The molecule has 0 radical (unpaired) electrons. The lowest BCUT2D eigenvalue weighted by Gasteiger charge is -2.26. The monoisotopic (exact) mass is 492 g/mol. The van der Waals surface area contributed by atoms with E-state index in [-0.39, 0.29) is 11.8 Å². The highest BCUT2D eigenvalue weighted by atomic mass is 16.5. The Morgan fingerprint density at radius 3 is 2.59 bits per heavy atom. The first-order chi connectivity index (χ1) is 17.9. The maximum Gasteiger partial charge on any atom is 0.205 e. The molecule has 3 aromatic carbocycles. The number of nitrogens with zero attached hydrogens (tertiary/aromatic N) is 2. The van der Waals surface area contributed by atoms with Crippen LogP contribution in [0.2, 0.25) is 0 Å². The van der Waals surface area contributed by atoms with Crippen molar-refractivity contribution in [3.8, 4) is 29.3 Å². The zero-order valence-corrected chi connectivity index (χ0v) is 20.8. The van der Waals surface area contributed by atoms with E-state index in [9.17, 15) is 15.5 Å². The number of rotatable bonds is 5. The fourth-order valence-corrected chi connectivity index (χ4v) is 6.88. The van der Waals surface area contributed by atoms with Gasteiger partial charge in [0.15, 0.2) is 0 Å². The predicted octanol–water partition coefficient (Wildman–Crippen LogP) is 6.11. The molecule has 4 aromatic rings. The third-order valence-electron chi connectivity index (χ3n) is 8.64. The Bertz CT molecular complexity index is 1630. The van der Waals surface area contributed by atoms with Crippen molar-refractivity contribution in [3.05, 3.63) is 82.4 Å². The van der Waals surface area contributed by atoms with Crippen LogP contribution in [-0.4, -0.2) is 21.4 Å². The molecule has 6 heteroatoms. The van der Waals surface area contributed by atoms with Gasteiger partial charge in [0.05, 0.1) is 40.7 Å². The Balaban J connectivity index is 1.27. The van der Waals surface area contributed by atoms with E-state index in [0.29, 0.717) is 35.4 Å². The van der Waals surface area contributed by atoms with Gasteiger partial charge in [0.1, 0.15) is 11.4 Å². The van der Waals surface area contributed by atoms with Crippen molar-refractivity contribution in [2.24, 2.45) is 0 Å². The van der Waals surface area contributed by atoms with Gasteiger partial charge in [-0.1, -0.05) is 30.3 Å². The van der Waals surface area contributed by atoms with Crippen LogP contribution in [0.3, 0.4) is 0 Å². The summed E-state index contributed by atoms with van der Waals surface area (Å²) in [4.78, 5) is 0. The molecule has 1 saturated heterocycles. The van der Waals surface area contributed by atoms with Crippen LogP contribution in [0.15, 0.2) is 54.6 Å². The zero-order valence-electron chi connectivity index (χ0n) is 20.8. The lowest BCUT2D eigenvalue weighted by Crippen LogP contribution is -2.25. The Hall–Kier alpha value is -3.95. The first-order valence-corrected chi connectivity index (χ1v) is 13.0. The van der Waals surface area contributed by atoms with Crippen molar-refractivity contribution in [2.45, 2.75) is 56.7 Å². The van der Waals surface area contributed by atoms with Crippen molar-refractivity contribution >= 4 is 10.8 Å². The van der Waals surface area contributed by atoms with Gasteiger partial charge in [0, 0.05) is 17.2 Å². The molecule has 0 amide bonds. The second-order valence-electron chi connectivity index (χ2n) is 10.7. The lowest BCUT2D eigenvalue weighted by molar-refractivity contribution is -0.0876. The number of nitriles is 1. The molecule has 1 fully saturated rings. The summed E-state index contributed by atoms with van der Waals surface area (Å²) in [6, 6.07) is 19.7. The summed E-state index contributed by atoms with van der Waals surface area (Å²) in [5, 5.41) is 34.2. The van der Waals surface area contributed by atoms with Gasteiger partial charge in [-0.3, -0.25) is 4.57 Å². The van der Waals surface area contributed by atoms with E-state index in [1.165, 1.54) is 22.1 Å². The third-order valence-corrected chi connectivity index (χ3v) is 8.64. The maximum absolute atomic E-state index is 11.6. The van der Waals surface area contributed by atoms with Crippen LogP contribution >= 0.6 is 0 Å². The highest BCUT2D eigenvalue weighted by Gasteiger charge is 2.61. The van der Waals surface area contributed by atoms with E-state index in [0.717, 1.165) is 42.2 Å². The Morgan fingerprint density at radius 1 is 0.973 bits per heavy atom. The summed E-state index contributed by atoms with van der Waals surface area (Å²) in [6.45, 7) is 2.43. The molecule has 6 nitrogen and oxygen atoms in total. The molecule has 1 aliphatic carbocycles. The Kier molecular flexibility index (Phi) is 4.68. The fraction of sp³-hybridized carbons (Fsp3) is 0.323. The zero-order chi connectivity index (χ0) is 25.4. The van der Waals surface area contributed by atoms with Crippen LogP contribution in [0.4, 0.5) is 0 Å². The molecular weight excluding hydrogens is 464 g/mol. The van der Waals surface area contributed by atoms with Gasteiger partial charge in [-0.25, -0.2) is 0 Å². The number of fused-ring (bicyclic) bond motifs is 7. The van der Waals surface area contributed by atoms with Crippen molar-refractivity contribution in [1.82, 2.24) is 4.57 Å². The second-order valence-corrected chi connectivity index (χ2v) is 10.7. The standard InChI is InChI=1S/C31H28N2O4/c1-30-13-14-31(37-30,15-16-36-22-11-9-19-5-4-6-20(19)17-22)27-26(30)28(34)33(29(27)35)25-12-10-21(18-32)23-7-2-3-8-24(23)25/h2-3,7-12,17,34-35H,4-6,13-16H2,1H3/t30-,31-/m1/s1. The summed E-state index contributed by atoms with van der Waals surface area (Å²) in [5.41, 5.74) is 3.87. The molecule has 3 heterocycles. The molecule has 2 N–H and O–H groups in total. The average Bonchev–Trinajstić information content (AvgIpc) is 3.63. The van der Waals surface area contributed by atoms with Crippen molar-refractivity contribution in [1.29, 1.82) is 5.26 Å². The van der Waals surface area contributed by atoms with Crippen molar-refractivity contribution in [2.75, 3.05) is 6.61 Å². The van der Waals surface area contributed by atoms with E-state index in [1.54, 1.807) is 12.1 Å². The van der Waals surface area contributed by atoms with Gasteiger partial charge < -0.3 is 19.7 Å². The maximum atomic E-state index is 11.6. The fourth-order valence-electron chi connectivity index (χ4n) is 6.88.